The van der Waals surface area contributed by atoms with Gasteiger partial charge < -0.3 is 10.2 Å². The summed E-state index contributed by atoms with van der Waals surface area (Å²) in [5.74, 6) is 0. The quantitative estimate of drug-likeness (QED) is 0.770. The third-order valence-electron chi connectivity index (χ3n) is 3.89. The number of hydrogen-bond donors (Lipinski definition) is 2. The Kier molecular flexibility index (Phi) is 4.19. The number of nitrogens with one attached hydrogen (secondary N) is 2. The van der Waals surface area contributed by atoms with Gasteiger partial charge in [0.15, 0.2) is 0 Å². The Labute approximate surface area is 116 Å². The van der Waals surface area contributed by atoms with Crippen molar-refractivity contribution in [3.05, 3.63) is 0 Å². The standard InChI is InChI=1S/C11H19F2N3O3S/c1-8(4-12)14-10(17)16-5-9(11(6-16)2-3-11)15-20(18,19)7-13/h8-9,15H,2-7H2,1H3,(H,14,17)/t8-,9?/m1/s1. The molecule has 1 saturated heterocycles. The van der Waals surface area contributed by atoms with E-state index in [9.17, 15) is 22.0 Å². The molecule has 2 aliphatic rings. The summed E-state index contributed by atoms with van der Waals surface area (Å²) in [6.45, 7) is 1.48. The van der Waals surface area contributed by atoms with Gasteiger partial charge in [0.25, 0.3) is 0 Å². The van der Waals surface area contributed by atoms with Gasteiger partial charge in [0, 0.05) is 24.5 Å². The van der Waals surface area contributed by atoms with Crippen LogP contribution in [0.3, 0.4) is 0 Å². The maximum absolute atomic E-state index is 12.4. The van der Waals surface area contributed by atoms with Gasteiger partial charge in [-0.25, -0.2) is 26.7 Å². The average molecular weight is 311 g/mol. The van der Waals surface area contributed by atoms with Crippen molar-refractivity contribution < 1.29 is 22.0 Å². The van der Waals surface area contributed by atoms with Gasteiger partial charge in [-0.1, -0.05) is 0 Å². The molecular formula is C11H19F2N3O3S. The summed E-state index contributed by atoms with van der Waals surface area (Å²) in [4.78, 5) is 13.4. The predicted octanol–water partition coefficient (Wildman–Crippen LogP) is 0.365. The molecule has 2 N–H and O–H groups in total. The van der Waals surface area contributed by atoms with Crippen molar-refractivity contribution in [3.8, 4) is 0 Å². The van der Waals surface area contributed by atoms with Crippen LogP contribution in [0.5, 0.6) is 0 Å². The van der Waals surface area contributed by atoms with Gasteiger partial charge in [0.05, 0.1) is 6.04 Å². The van der Waals surface area contributed by atoms with Gasteiger partial charge in [-0.3, -0.25) is 0 Å². The summed E-state index contributed by atoms with van der Waals surface area (Å²) in [5.41, 5.74) is -0.279. The third-order valence-corrected chi connectivity index (χ3v) is 4.83. The molecule has 1 heterocycles. The number of alkyl halides is 2. The van der Waals surface area contributed by atoms with E-state index < -0.39 is 40.8 Å². The summed E-state index contributed by atoms with van der Waals surface area (Å²) in [6, 6.07) is -2.93. The van der Waals surface area contributed by atoms with Crippen molar-refractivity contribution in [1.82, 2.24) is 14.9 Å². The van der Waals surface area contributed by atoms with Crippen molar-refractivity contribution in [1.29, 1.82) is 0 Å². The Balaban J connectivity index is 1.99. The number of sulfonamides is 1. The summed E-state index contributed by atoms with van der Waals surface area (Å²) < 4.78 is 49.7. The first kappa shape index (κ1) is 15.4. The van der Waals surface area contributed by atoms with Crippen molar-refractivity contribution in [2.24, 2.45) is 5.41 Å². The number of nitrogens with zero attached hydrogens (tertiary/aromatic N) is 1. The minimum Gasteiger partial charge on any atom is -0.333 e. The highest BCUT2D eigenvalue weighted by Gasteiger charge is 2.57. The van der Waals surface area contributed by atoms with Gasteiger partial charge in [-0.05, 0) is 19.8 Å². The van der Waals surface area contributed by atoms with E-state index in [2.05, 4.69) is 10.0 Å². The lowest BCUT2D eigenvalue weighted by atomic mass is 10.0. The monoisotopic (exact) mass is 311 g/mol. The molecule has 116 valence electrons. The first-order chi connectivity index (χ1) is 9.32. The van der Waals surface area contributed by atoms with Crippen molar-refractivity contribution in [2.75, 3.05) is 25.8 Å². The number of halogens is 2. The Morgan fingerprint density at radius 3 is 2.60 bits per heavy atom. The molecule has 0 aromatic heterocycles. The number of hydrogen-bond acceptors (Lipinski definition) is 3. The zero-order valence-corrected chi connectivity index (χ0v) is 12.0. The number of urea groups is 1. The number of likely N-dealkylation sites (tertiary alicyclic amines) is 1. The molecule has 2 fully saturated rings. The molecule has 2 amide bonds. The fourth-order valence-electron chi connectivity index (χ4n) is 2.54. The molecule has 1 aliphatic carbocycles. The second-order valence-electron chi connectivity index (χ2n) is 5.64. The largest absolute Gasteiger partial charge is 0.333 e. The second kappa shape index (κ2) is 5.44. The van der Waals surface area contributed by atoms with Crippen LogP contribution in [0.1, 0.15) is 19.8 Å². The van der Waals surface area contributed by atoms with Crippen LogP contribution in [0.2, 0.25) is 0 Å². The molecule has 1 unspecified atom stereocenters. The summed E-state index contributed by atoms with van der Waals surface area (Å²) in [5, 5.41) is 2.50. The highest BCUT2D eigenvalue weighted by atomic mass is 32.2. The lowest BCUT2D eigenvalue weighted by Gasteiger charge is -2.19. The van der Waals surface area contributed by atoms with E-state index in [1.54, 1.807) is 6.92 Å². The van der Waals surface area contributed by atoms with Gasteiger partial charge in [0.2, 0.25) is 16.0 Å². The minimum atomic E-state index is -3.95. The Hall–Kier alpha value is -0.960. The fraction of sp³-hybridized carbons (Fsp3) is 0.909. The average Bonchev–Trinajstić information content (AvgIpc) is 3.08. The molecule has 9 heteroatoms. The molecule has 0 bridgehead atoms. The van der Waals surface area contributed by atoms with Crippen LogP contribution in [0.15, 0.2) is 0 Å². The fourth-order valence-corrected chi connectivity index (χ4v) is 3.36. The zero-order chi connectivity index (χ0) is 15.0. The number of amides is 2. The van der Waals surface area contributed by atoms with E-state index in [-0.39, 0.29) is 12.0 Å². The highest BCUT2D eigenvalue weighted by molar-refractivity contribution is 7.89. The summed E-state index contributed by atoms with van der Waals surface area (Å²) in [7, 11) is -3.95. The van der Waals surface area contributed by atoms with Crippen LogP contribution in [0.4, 0.5) is 13.6 Å². The molecule has 0 aromatic rings. The second-order valence-corrected chi connectivity index (χ2v) is 7.33. The number of carbonyl (C=O) groups is 1. The Bertz CT molecular complexity index is 481. The summed E-state index contributed by atoms with van der Waals surface area (Å²) in [6.07, 6.45) is 1.60. The van der Waals surface area contributed by atoms with Crippen LogP contribution >= 0.6 is 0 Å². The lowest BCUT2D eigenvalue weighted by molar-refractivity contribution is 0.200. The SMILES string of the molecule is C[C@H](CF)NC(=O)N1CC(NS(=O)(=O)CF)C2(CC2)C1. The van der Waals surface area contributed by atoms with Gasteiger partial charge >= 0.3 is 6.03 Å². The van der Waals surface area contributed by atoms with Crippen molar-refractivity contribution >= 4 is 16.1 Å². The van der Waals surface area contributed by atoms with Crippen molar-refractivity contribution in [3.63, 3.8) is 0 Å². The molecule has 0 aromatic carbocycles. The molecule has 1 aliphatic heterocycles. The van der Waals surface area contributed by atoms with Gasteiger partial charge in [-0.2, -0.15) is 0 Å². The van der Waals surface area contributed by atoms with Crippen LogP contribution in [0, 0.1) is 5.41 Å². The Morgan fingerprint density at radius 1 is 1.45 bits per heavy atom. The van der Waals surface area contributed by atoms with Gasteiger partial charge in [0.1, 0.15) is 6.67 Å². The normalized spacial score (nSPS) is 25.8. The van der Waals surface area contributed by atoms with E-state index in [0.29, 0.717) is 6.54 Å². The first-order valence-electron chi connectivity index (χ1n) is 6.49. The molecule has 2 atom stereocenters. The molecule has 1 spiro atoms. The highest BCUT2D eigenvalue weighted by Crippen LogP contribution is 2.52. The molecular weight excluding hydrogens is 292 g/mol. The zero-order valence-electron chi connectivity index (χ0n) is 11.2. The maximum atomic E-state index is 12.4. The van der Waals surface area contributed by atoms with Crippen LogP contribution in [0.25, 0.3) is 0 Å². The summed E-state index contributed by atoms with van der Waals surface area (Å²) >= 11 is 0. The van der Waals surface area contributed by atoms with E-state index in [0.717, 1.165) is 12.8 Å². The van der Waals surface area contributed by atoms with E-state index in [4.69, 9.17) is 0 Å². The number of rotatable bonds is 5. The first-order valence-corrected chi connectivity index (χ1v) is 8.14. The maximum Gasteiger partial charge on any atom is 0.317 e. The van der Waals surface area contributed by atoms with E-state index >= 15 is 0 Å². The minimum absolute atomic E-state index is 0.185. The lowest BCUT2D eigenvalue weighted by Crippen LogP contribution is -2.45. The molecule has 1 saturated carbocycles. The predicted molar refractivity (Wildman–Crippen MR) is 69.0 cm³/mol. The molecule has 6 nitrogen and oxygen atoms in total. The van der Waals surface area contributed by atoms with Crippen LogP contribution in [-0.4, -0.2) is 57.2 Å². The molecule has 20 heavy (non-hydrogen) atoms. The Morgan fingerprint density at radius 2 is 2.10 bits per heavy atom. The smallest absolute Gasteiger partial charge is 0.317 e. The molecule has 2 rings (SSSR count). The third kappa shape index (κ3) is 3.20. The number of carbonyl (C=O) groups excluding carboxylic acids is 1. The van der Waals surface area contributed by atoms with E-state index in [1.807, 2.05) is 0 Å². The van der Waals surface area contributed by atoms with Crippen molar-refractivity contribution in [2.45, 2.75) is 31.8 Å². The van der Waals surface area contributed by atoms with E-state index in [1.165, 1.54) is 4.90 Å². The van der Waals surface area contributed by atoms with Gasteiger partial charge in [-0.15, -0.1) is 0 Å². The molecule has 0 radical (unpaired) electrons. The van der Waals surface area contributed by atoms with Crippen LogP contribution in [-0.2, 0) is 10.0 Å². The topological polar surface area (TPSA) is 78.5 Å². The van der Waals surface area contributed by atoms with Crippen LogP contribution < -0.4 is 10.0 Å².